The van der Waals surface area contributed by atoms with Crippen LogP contribution in [0.2, 0.25) is 0 Å². The Balaban J connectivity index is 2.11. The predicted molar refractivity (Wildman–Crippen MR) is 93.4 cm³/mol. The summed E-state index contributed by atoms with van der Waals surface area (Å²) >= 11 is 0. The number of benzene rings is 2. The molecule has 5 nitrogen and oxygen atoms in total. The van der Waals surface area contributed by atoms with Gasteiger partial charge in [0, 0.05) is 28.1 Å². The second-order valence-electron chi connectivity index (χ2n) is 6.13. The van der Waals surface area contributed by atoms with Crippen LogP contribution >= 0.6 is 0 Å². The van der Waals surface area contributed by atoms with E-state index in [1.54, 1.807) is 13.4 Å². The largest absolute Gasteiger partial charge is 0.480 e. The van der Waals surface area contributed by atoms with Gasteiger partial charge in [0.05, 0.1) is 18.1 Å². The Kier molecular flexibility index (Phi) is 3.15. The molecular formula is C18H18N4O. The van der Waals surface area contributed by atoms with Crippen LogP contribution in [-0.4, -0.2) is 28.6 Å². The van der Waals surface area contributed by atoms with E-state index in [0.717, 1.165) is 44.9 Å². The van der Waals surface area contributed by atoms with Crippen LogP contribution in [0.4, 0.5) is 5.82 Å². The molecular weight excluding hydrogens is 288 g/mol. The average Bonchev–Trinajstić information content (AvgIpc) is 2.57. The maximum atomic E-state index is 5.53. The molecule has 4 aromatic rings. The minimum absolute atomic E-state index is 0.532. The molecule has 23 heavy (non-hydrogen) atoms. The highest BCUT2D eigenvalue weighted by molar-refractivity contribution is 6.24. The first-order valence-corrected chi connectivity index (χ1v) is 7.76. The molecule has 0 spiro atoms. The smallest absolute Gasteiger partial charge is 0.223 e. The lowest BCUT2D eigenvalue weighted by atomic mass is 10.00. The maximum Gasteiger partial charge on any atom is 0.223 e. The van der Waals surface area contributed by atoms with Crippen molar-refractivity contribution in [1.82, 2.24) is 15.0 Å². The SMILES string of the molecule is COc1nc(NCC(C)C)c2ccc3ncnc4ccc1c2c34. The molecule has 0 aliphatic heterocycles. The molecule has 4 rings (SSSR count). The standard InChI is InChI=1S/C18H18N4O/c1-10(2)8-19-17-11-4-6-13-16-14(21-9-20-13)7-5-12(15(11)16)18(22-17)23-3/h4-7,9-10H,8H2,1-3H3,(H,19,22). The Bertz CT molecular complexity index is 981. The molecule has 0 amide bonds. The van der Waals surface area contributed by atoms with Gasteiger partial charge in [0.2, 0.25) is 5.88 Å². The van der Waals surface area contributed by atoms with Gasteiger partial charge in [0.1, 0.15) is 12.1 Å². The molecule has 0 unspecified atom stereocenters. The lowest BCUT2D eigenvalue weighted by molar-refractivity contribution is 0.404. The van der Waals surface area contributed by atoms with Crippen molar-refractivity contribution in [2.45, 2.75) is 13.8 Å². The molecule has 0 bridgehead atoms. The van der Waals surface area contributed by atoms with Gasteiger partial charge in [0.15, 0.2) is 0 Å². The van der Waals surface area contributed by atoms with Crippen molar-refractivity contribution in [3.63, 3.8) is 0 Å². The minimum Gasteiger partial charge on any atom is -0.480 e. The van der Waals surface area contributed by atoms with Crippen LogP contribution in [0.1, 0.15) is 13.8 Å². The molecule has 1 N–H and O–H groups in total. The van der Waals surface area contributed by atoms with Gasteiger partial charge in [0.25, 0.3) is 0 Å². The van der Waals surface area contributed by atoms with Gasteiger partial charge < -0.3 is 10.1 Å². The summed E-state index contributed by atoms with van der Waals surface area (Å²) in [7, 11) is 1.65. The third-order valence-electron chi connectivity index (χ3n) is 4.08. The first-order valence-electron chi connectivity index (χ1n) is 7.76. The van der Waals surface area contributed by atoms with Crippen molar-refractivity contribution in [3.8, 4) is 5.88 Å². The second kappa shape index (κ2) is 5.19. The molecule has 0 aliphatic carbocycles. The van der Waals surface area contributed by atoms with E-state index in [2.05, 4.69) is 40.2 Å². The Hall–Kier alpha value is -2.69. The third-order valence-corrected chi connectivity index (χ3v) is 4.08. The fourth-order valence-corrected chi connectivity index (χ4v) is 3.02. The molecule has 5 heteroatoms. The van der Waals surface area contributed by atoms with E-state index < -0.39 is 0 Å². The number of methoxy groups -OCH3 is 1. The van der Waals surface area contributed by atoms with Gasteiger partial charge in [-0.05, 0) is 30.2 Å². The van der Waals surface area contributed by atoms with Crippen LogP contribution < -0.4 is 10.1 Å². The van der Waals surface area contributed by atoms with Crippen molar-refractivity contribution in [1.29, 1.82) is 0 Å². The Labute approximate surface area is 134 Å². The molecule has 2 heterocycles. The topological polar surface area (TPSA) is 59.9 Å². The summed E-state index contributed by atoms with van der Waals surface area (Å²) in [5.41, 5.74) is 1.88. The summed E-state index contributed by atoms with van der Waals surface area (Å²) in [5.74, 6) is 2.01. The average molecular weight is 306 g/mol. The lowest BCUT2D eigenvalue weighted by Gasteiger charge is -2.16. The van der Waals surface area contributed by atoms with Crippen LogP contribution in [0, 0.1) is 5.92 Å². The van der Waals surface area contributed by atoms with Crippen molar-refractivity contribution in [2.75, 3.05) is 19.0 Å². The highest BCUT2D eigenvalue weighted by Gasteiger charge is 2.17. The van der Waals surface area contributed by atoms with E-state index in [0.29, 0.717) is 11.8 Å². The summed E-state index contributed by atoms with van der Waals surface area (Å²) in [6.07, 6.45) is 1.61. The molecule has 116 valence electrons. The van der Waals surface area contributed by atoms with Gasteiger partial charge in [-0.3, -0.25) is 0 Å². The quantitative estimate of drug-likeness (QED) is 0.580. The van der Waals surface area contributed by atoms with Gasteiger partial charge in [-0.15, -0.1) is 0 Å². The predicted octanol–water partition coefficient (Wildman–Crippen LogP) is 3.85. The fourth-order valence-electron chi connectivity index (χ4n) is 3.02. The Morgan fingerprint density at radius 2 is 1.70 bits per heavy atom. The Morgan fingerprint density at radius 3 is 2.35 bits per heavy atom. The van der Waals surface area contributed by atoms with E-state index in [4.69, 9.17) is 4.74 Å². The molecule has 2 aromatic heterocycles. The zero-order chi connectivity index (χ0) is 16.0. The number of ether oxygens (including phenoxy) is 1. The number of hydrogen-bond acceptors (Lipinski definition) is 5. The summed E-state index contributed by atoms with van der Waals surface area (Å²) in [6, 6.07) is 8.12. The zero-order valence-electron chi connectivity index (χ0n) is 13.4. The minimum atomic E-state index is 0.532. The number of nitrogens with one attached hydrogen (secondary N) is 1. The van der Waals surface area contributed by atoms with E-state index >= 15 is 0 Å². The van der Waals surface area contributed by atoms with Crippen molar-refractivity contribution < 1.29 is 4.74 Å². The summed E-state index contributed by atoms with van der Waals surface area (Å²) in [6.45, 7) is 5.21. The monoisotopic (exact) mass is 306 g/mol. The van der Waals surface area contributed by atoms with E-state index in [-0.39, 0.29) is 0 Å². The first-order chi connectivity index (χ1) is 11.2. The number of pyridine rings is 1. The van der Waals surface area contributed by atoms with Gasteiger partial charge >= 0.3 is 0 Å². The zero-order valence-corrected chi connectivity index (χ0v) is 13.4. The molecule has 2 aromatic carbocycles. The number of rotatable bonds is 4. The first kappa shape index (κ1) is 13.9. The van der Waals surface area contributed by atoms with Crippen LogP contribution in [-0.2, 0) is 0 Å². The van der Waals surface area contributed by atoms with Gasteiger partial charge in [-0.2, -0.15) is 4.98 Å². The number of aromatic nitrogens is 3. The van der Waals surface area contributed by atoms with Crippen LogP contribution in [0.15, 0.2) is 30.6 Å². The van der Waals surface area contributed by atoms with Crippen molar-refractivity contribution in [3.05, 3.63) is 30.6 Å². The third kappa shape index (κ3) is 2.11. The highest BCUT2D eigenvalue weighted by Crippen LogP contribution is 2.39. The molecule has 0 atom stereocenters. The number of nitrogens with zero attached hydrogens (tertiary/aromatic N) is 3. The number of hydrogen-bond donors (Lipinski definition) is 1. The normalized spacial score (nSPS) is 11.8. The molecule has 0 aliphatic rings. The van der Waals surface area contributed by atoms with Gasteiger partial charge in [-0.25, -0.2) is 9.97 Å². The lowest BCUT2D eigenvalue weighted by Crippen LogP contribution is -2.10. The summed E-state index contributed by atoms with van der Waals surface area (Å²) < 4.78 is 5.53. The highest BCUT2D eigenvalue weighted by atomic mass is 16.5. The summed E-state index contributed by atoms with van der Waals surface area (Å²) in [4.78, 5) is 13.5. The summed E-state index contributed by atoms with van der Waals surface area (Å²) in [5, 5.41) is 7.69. The molecule has 0 fully saturated rings. The molecule has 0 radical (unpaired) electrons. The maximum absolute atomic E-state index is 5.53. The van der Waals surface area contributed by atoms with Crippen LogP contribution in [0.25, 0.3) is 32.6 Å². The van der Waals surface area contributed by atoms with Crippen molar-refractivity contribution >= 4 is 38.4 Å². The molecule has 0 saturated heterocycles. The van der Waals surface area contributed by atoms with Crippen LogP contribution in [0.5, 0.6) is 5.88 Å². The van der Waals surface area contributed by atoms with Gasteiger partial charge in [-0.1, -0.05) is 13.8 Å². The van der Waals surface area contributed by atoms with E-state index in [9.17, 15) is 0 Å². The second-order valence-corrected chi connectivity index (χ2v) is 6.13. The number of anilines is 1. The van der Waals surface area contributed by atoms with Crippen molar-refractivity contribution in [2.24, 2.45) is 5.92 Å². The fraction of sp³-hybridized carbons (Fsp3) is 0.278. The van der Waals surface area contributed by atoms with E-state index in [1.165, 1.54) is 0 Å². The Morgan fingerprint density at radius 1 is 1.00 bits per heavy atom. The van der Waals surface area contributed by atoms with E-state index in [1.807, 2.05) is 18.2 Å². The van der Waals surface area contributed by atoms with Crippen LogP contribution in [0.3, 0.4) is 0 Å². The molecule has 0 saturated carbocycles.